The lowest BCUT2D eigenvalue weighted by Crippen LogP contribution is -2.43. The number of pyridine rings is 1. The van der Waals surface area contributed by atoms with Crippen molar-refractivity contribution in [1.82, 2.24) is 15.2 Å². The first-order valence-electron chi connectivity index (χ1n) is 10.4. The first kappa shape index (κ1) is 20.6. The van der Waals surface area contributed by atoms with Crippen LogP contribution in [-0.2, 0) is 17.8 Å². The molecule has 1 aliphatic rings. The van der Waals surface area contributed by atoms with Crippen molar-refractivity contribution in [3.05, 3.63) is 81.6 Å². The Morgan fingerprint density at radius 2 is 2.07 bits per heavy atom. The van der Waals surface area contributed by atoms with Gasteiger partial charge in [0.1, 0.15) is 0 Å². The third-order valence-electron chi connectivity index (χ3n) is 5.46. The van der Waals surface area contributed by atoms with Gasteiger partial charge in [-0.25, -0.2) is 0 Å². The Morgan fingerprint density at radius 3 is 2.83 bits per heavy atom. The van der Waals surface area contributed by atoms with Crippen LogP contribution in [0.2, 0.25) is 0 Å². The van der Waals surface area contributed by atoms with Crippen molar-refractivity contribution in [2.24, 2.45) is 0 Å². The highest BCUT2D eigenvalue weighted by Crippen LogP contribution is 2.17. The summed E-state index contributed by atoms with van der Waals surface area (Å²) in [5.41, 5.74) is 3.81. The van der Waals surface area contributed by atoms with Gasteiger partial charge in [-0.3, -0.25) is 4.79 Å². The molecule has 3 aromatic rings. The monoisotopic (exact) mass is 421 g/mol. The second-order valence-electron chi connectivity index (χ2n) is 7.87. The van der Waals surface area contributed by atoms with Crippen molar-refractivity contribution in [3.63, 3.8) is 0 Å². The largest absolute Gasteiger partial charge is 0.376 e. The number of aromatic amines is 1. The molecule has 1 aliphatic heterocycles. The minimum atomic E-state index is -0.0745. The second-order valence-corrected chi connectivity index (χ2v) is 8.26. The van der Waals surface area contributed by atoms with E-state index in [-0.39, 0.29) is 11.7 Å². The Morgan fingerprint density at radius 1 is 1.23 bits per heavy atom. The molecule has 5 nitrogen and oxygen atoms in total. The van der Waals surface area contributed by atoms with Gasteiger partial charge in [0.05, 0.1) is 12.6 Å². The van der Waals surface area contributed by atoms with Crippen LogP contribution < -0.4 is 10.9 Å². The van der Waals surface area contributed by atoms with Crippen LogP contribution in [0.3, 0.4) is 0 Å². The summed E-state index contributed by atoms with van der Waals surface area (Å²) in [5.74, 6) is 0. The summed E-state index contributed by atoms with van der Waals surface area (Å²) in [7, 11) is 0. The van der Waals surface area contributed by atoms with E-state index in [0.717, 1.165) is 41.5 Å². The number of nitrogens with zero attached hydrogens (tertiary/aromatic N) is 1. The van der Waals surface area contributed by atoms with Crippen molar-refractivity contribution in [2.45, 2.75) is 39.0 Å². The van der Waals surface area contributed by atoms with Gasteiger partial charge in [-0.2, -0.15) is 0 Å². The maximum absolute atomic E-state index is 12.7. The summed E-state index contributed by atoms with van der Waals surface area (Å²) in [5, 5.41) is 5.02. The lowest BCUT2D eigenvalue weighted by Gasteiger charge is -2.28. The van der Waals surface area contributed by atoms with Crippen molar-refractivity contribution >= 4 is 28.2 Å². The van der Waals surface area contributed by atoms with Gasteiger partial charge < -0.3 is 19.9 Å². The van der Waals surface area contributed by atoms with Gasteiger partial charge in [-0.05, 0) is 61.1 Å². The van der Waals surface area contributed by atoms with Gasteiger partial charge in [0, 0.05) is 30.8 Å². The number of thiocarbonyl (C=S) groups is 1. The second kappa shape index (κ2) is 9.41. The van der Waals surface area contributed by atoms with E-state index in [4.69, 9.17) is 17.0 Å². The van der Waals surface area contributed by atoms with Crippen molar-refractivity contribution in [2.75, 3.05) is 13.2 Å². The fourth-order valence-electron chi connectivity index (χ4n) is 3.83. The Labute approximate surface area is 182 Å². The predicted octanol–water partition coefficient (Wildman–Crippen LogP) is 3.89. The molecule has 0 amide bonds. The molecule has 0 saturated carbocycles. The molecule has 1 aromatic heterocycles. The molecule has 30 heavy (non-hydrogen) atoms. The Balaban J connectivity index is 1.54. The molecule has 1 atom stereocenters. The molecule has 0 bridgehead atoms. The van der Waals surface area contributed by atoms with Crippen LogP contribution in [0.15, 0.2) is 59.4 Å². The fourth-order valence-corrected chi connectivity index (χ4v) is 4.04. The number of rotatable bonds is 6. The number of hydrogen-bond donors (Lipinski definition) is 2. The number of aromatic nitrogens is 1. The van der Waals surface area contributed by atoms with E-state index in [1.165, 1.54) is 0 Å². The lowest BCUT2D eigenvalue weighted by atomic mass is 10.1. The summed E-state index contributed by atoms with van der Waals surface area (Å²) in [6.45, 7) is 4.61. The Kier molecular flexibility index (Phi) is 6.45. The predicted molar refractivity (Wildman–Crippen MR) is 125 cm³/mol. The molecule has 4 rings (SSSR count). The summed E-state index contributed by atoms with van der Waals surface area (Å²) < 4.78 is 5.84. The van der Waals surface area contributed by atoms with Gasteiger partial charge in [-0.15, -0.1) is 0 Å². The summed E-state index contributed by atoms with van der Waals surface area (Å²) in [4.78, 5) is 17.8. The first-order chi connectivity index (χ1) is 14.6. The normalized spacial score (nSPS) is 16.0. The zero-order valence-electron chi connectivity index (χ0n) is 17.2. The van der Waals surface area contributed by atoms with Crippen molar-refractivity contribution in [3.8, 4) is 0 Å². The number of ether oxygens (including phenoxy) is 1. The number of aryl methyl sites for hydroxylation is 1. The summed E-state index contributed by atoms with van der Waals surface area (Å²) in [6.07, 6.45) is 2.23. The lowest BCUT2D eigenvalue weighted by molar-refractivity contribution is 0.0896. The molecule has 0 aliphatic carbocycles. The number of benzene rings is 2. The first-order valence-corrected chi connectivity index (χ1v) is 10.8. The number of nitrogens with one attached hydrogen (secondary N) is 2. The van der Waals surface area contributed by atoms with Gasteiger partial charge in [0.15, 0.2) is 5.11 Å². The molecule has 1 saturated heterocycles. The van der Waals surface area contributed by atoms with E-state index >= 15 is 0 Å². The molecule has 0 unspecified atom stereocenters. The van der Waals surface area contributed by atoms with Crippen LogP contribution in [0.4, 0.5) is 0 Å². The number of H-pyrrole nitrogens is 1. The molecule has 2 heterocycles. The zero-order chi connectivity index (χ0) is 20.9. The fraction of sp³-hybridized carbons (Fsp3) is 0.333. The molecule has 156 valence electrons. The van der Waals surface area contributed by atoms with Crippen LogP contribution in [0.25, 0.3) is 10.9 Å². The third-order valence-corrected chi connectivity index (χ3v) is 5.86. The van der Waals surface area contributed by atoms with E-state index in [0.29, 0.717) is 30.3 Å². The molecule has 0 spiro atoms. The smallest absolute Gasteiger partial charge is 0.253 e. The molecule has 6 heteroatoms. The minimum absolute atomic E-state index is 0.0745. The Bertz CT molecular complexity index is 1070. The van der Waals surface area contributed by atoms with Crippen LogP contribution in [0.5, 0.6) is 0 Å². The highest BCUT2D eigenvalue weighted by Gasteiger charge is 2.22. The topological polar surface area (TPSA) is 57.4 Å². The standard InChI is InChI=1S/C24H27N3O2S/c1-17-9-10-22-19(12-17)13-20(23(28)26-22)15-27(16-21-8-5-11-29-21)24(30)25-14-18-6-3-2-4-7-18/h2-4,6-7,9-10,12-13,21H,5,8,11,14-16H2,1H3,(H,25,30)(H,26,28)/t21-/m1/s1. The third kappa shape index (κ3) is 5.07. The minimum Gasteiger partial charge on any atom is -0.376 e. The highest BCUT2D eigenvalue weighted by molar-refractivity contribution is 7.80. The van der Waals surface area contributed by atoms with E-state index in [9.17, 15) is 4.79 Å². The van der Waals surface area contributed by atoms with Gasteiger partial charge in [0.25, 0.3) is 5.56 Å². The maximum Gasteiger partial charge on any atom is 0.253 e. The highest BCUT2D eigenvalue weighted by atomic mass is 32.1. The molecule has 0 radical (unpaired) electrons. The van der Waals surface area contributed by atoms with Crippen LogP contribution >= 0.6 is 12.2 Å². The van der Waals surface area contributed by atoms with E-state index in [1.54, 1.807) is 0 Å². The van der Waals surface area contributed by atoms with Crippen molar-refractivity contribution < 1.29 is 4.74 Å². The molecular weight excluding hydrogens is 394 g/mol. The van der Waals surface area contributed by atoms with Crippen LogP contribution in [-0.4, -0.2) is 34.3 Å². The van der Waals surface area contributed by atoms with Crippen molar-refractivity contribution in [1.29, 1.82) is 0 Å². The van der Waals surface area contributed by atoms with Gasteiger partial charge >= 0.3 is 0 Å². The van der Waals surface area contributed by atoms with E-state index < -0.39 is 0 Å². The zero-order valence-corrected chi connectivity index (χ0v) is 18.0. The SMILES string of the molecule is Cc1ccc2[nH]c(=O)c(CN(C[C@H]3CCCO3)C(=S)NCc3ccccc3)cc2c1. The maximum atomic E-state index is 12.7. The number of fused-ring (bicyclic) bond motifs is 1. The average molecular weight is 422 g/mol. The van der Waals surface area contributed by atoms with Crippen LogP contribution in [0.1, 0.15) is 29.5 Å². The quantitative estimate of drug-likeness (QED) is 0.592. The Hall–Kier alpha value is -2.70. The molecule has 2 aromatic carbocycles. The molecule has 2 N–H and O–H groups in total. The molecule has 1 fully saturated rings. The van der Waals surface area contributed by atoms with Crippen LogP contribution in [0, 0.1) is 6.92 Å². The van der Waals surface area contributed by atoms with E-state index in [2.05, 4.69) is 40.3 Å². The molecular formula is C24H27N3O2S. The summed E-state index contributed by atoms with van der Waals surface area (Å²) >= 11 is 5.72. The average Bonchev–Trinajstić information content (AvgIpc) is 3.26. The van der Waals surface area contributed by atoms with E-state index in [1.807, 2.05) is 36.4 Å². The number of hydrogen-bond acceptors (Lipinski definition) is 3. The van der Waals surface area contributed by atoms with Gasteiger partial charge in [-0.1, -0.05) is 42.0 Å². The van der Waals surface area contributed by atoms with Gasteiger partial charge in [0.2, 0.25) is 0 Å². The summed E-state index contributed by atoms with van der Waals surface area (Å²) in [6, 6.07) is 18.2.